The first-order valence-electron chi connectivity index (χ1n) is 6.33. The number of anilines is 2. The minimum atomic E-state index is -0.270. The molecule has 0 bridgehead atoms. The first kappa shape index (κ1) is 15.2. The zero-order valence-electron chi connectivity index (χ0n) is 11.8. The van der Waals surface area contributed by atoms with Gasteiger partial charge in [-0.15, -0.1) is 0 Å². The highest BCUT2D eigenvalue weighted by Crippen LogP contribution is 2.16. The van der Waals surface area contributed by atoms with Gasteiger partial charge in [-0.2, -0.15) is 0 Å². The SMILES string of the molecule is CNC(C)C(=O)Nc1cccc(NC(=O)C(C)C)c1. The van der Waals surface area contributed by atoms with Crippen LogP contribution in [-0.2, 0) is 9.59 Å². The summed E-state index contributed by atoms with van der Waals surface area (Å²) in [6.07, 6.45) is 0. The number of hydrogen-bond donors (Lipinski definition) is 3. The van der Waals surface area contributed by atoms with Crippen LogP contribution in [0.1, 0.15) is 20.8 Å². The lowest BCUT2D eigenvalue weighted by molar-refractivity contribution is -0.119. The van der Waals surface area contributed by atoms with E-state index in [1.807, 2.05) is 13.8 Å². The maximum absolute atomic E-state index is 11.7. The smallest absolute Gasteiger partial charge is 0.241 e. The van der Waals surface area contributed by atoms with Crippen molar-refractivity contribution in [3.8, 4) is 0 Å². The second-order valence-electron chi connectivity index (χ2n) is 4.72. The summed E-state index contributed by atoms with van der Waals surface area (Å²) in [6.45, 7) is 5.44. The molecule has 0 saturated heterocycles. The second-order valence-corrected chi connectivity index (χ2v) is 4.72. The van der Waals surface area contributed by atoms with Gasteiger partial charge in [-0.05, 0) is 32.2 Å². The number of rotatable bonds is 5. The highest BCUT2D eigenvalue weighted by atomic mass is 16.2. The van der Waals surface area contributed by atoms with Gasteiger partial charge in [0.25, 0.3) is 0 Å². The van der Waals surface area contributed by atoms with Crippen molar-refractivity contribution >= 4 is 23.2 Å². The van der Waals surface area contributed by atoms with Crippen molar-refractivity contribution in [3.05, 3.63) is 24.3 Å². The van der Waals surface area contributed by atoms with E-state index in [0.29, 0.717) is 11.4 Å². The lowest BCUT2D eigenvalue weighted by Crippen LogP contribution is -2.35. The van der Waals surface area contributed by atoms with E-state index in [2.05, 4.69) is 16.0 Å². The molecule has 2 amide bonds. The van der Waals surface area contributed by atoms with Gasteiger partial charge in [-0.1, -0.05) is 19.9 Å². The number of nitrogens with one attached hydrogen (secondary N) is 3. The minimum Gasteiger partial charge on any atom is -0.326 e. The summed E-state index contributed by atoms with van der Waals surface area (Å²) in [5.41, 5.74) is 1.34. The van der Waals surface area contributed by atoms with E-state index < -0.39 is 0 Å². The average Bonchev–Trinajstić information content (AvgIpc) is 2.37. The normalized spacial score (nSPS) is 12.1. The third kappa shape index (κ3) is 4.71. The van der Waals surface area contributed by atoms with Crippen LogP contribution in [0.2, 0.25) is 0 Å². The zero-order valence-corrected chi connectivity index (χ0v) is 11.8. The Kier molecular flexibility index (Phi) is 5.51. The van der Waals surface area contributed by atoms with Crippen LogP contribution in [0.25, 0.3) is 0 Å². The number of likely N-dealkylation sites (N-methyl/N-ethyl adjacent to an activating group) is 1. The molecule has 0 aliphatic rings. The summed E-state index contributed by atoms with van der Waals surface area (Å²) in [5.74, 6) is -0.246. The van der Waals surface area contributed by atoms with Crippen LogP contribution in [-0.4, -0.2) is 24.9 Å². The lowest BCUT2D eigenvalue weighted by atomic mass is 10.2. The number of amides is 2. The van der Waals surface area contributed by atoms with E-state index in [0.717, 1.165) is 0 Å². The van der Waals surface area contributed by atoms with Crippen molar-refractivity contribution in [1.29, 1.82) is 0 Å². The summed E-state index contributed by atoms with van der Waals surface area (Å²) >= 11 is 0. The van der Waals surface area contributed by atoms with Gasteiger partial charge in [0.1, 0.15) is 0 Å². The van der Waals surface area contributed by atoms with E-state index in [1.165, 1.54) is 0 Å². The quantitative estimate of drug-likeness (QED) is 0.759. The Bertz CT molecular complexity index is 458. The van der Waals surface area contributed by atoms with Gasteiger partial charge in [0, 0.05) is 17.3 Å². The van der Waals surface area contributed by atoms with Gasteiger partial charge >= 0.3 is 0 Å². The molecule has 1 aromatic rings. The van der Waals surface area contributed by atoms with E-state index >= 15 is 0 Å². The van der Waals surface area contributed by atoms with Gasteiger partial charge in [0.05, 0.1) is 6.04 Å². The topological polar surface area (TPSA) is 70.2 Å². The van der Waals surface area contributed by atoms with Crippen LogP contribution in [0.4, 0.5) is 11.4 Å². The molecule has 19 heavy (non-hydrogen) atoms. The number of benzene rings is 1. The molecule has 0 aliphatic carbocycles. The van der Waals surface area contributed by atoms with Crippen LogP contribution in [0.3, 0.4) is 0 Å². The molecule has 5 heteroatoms. The fourth-order valence-electron chi connectivity index (χ4n) is 1.34. The van der Waals surface area contributed by atoms with Crippen molar-refractivity contribution in [1.82, 2.24) is 5.32 Å². The van der Waals surface area contributed by atoms with Gasteiger partial charge < -0.3 is 16.0 Å². The van der Waals surface area contributed by atoms with Crippen molar-refractivity contribution < 1.29 is 9.59 Å². The fourth-order valence-corrected chi connectivity index (χ4v) is 1.34. The second kappa shape index (κ2) is 6.89. The number of carbonyl (C=O) groups excluding carboxylic acids is 2. The van der Waals surface area contributed by atoms with Gasteiger partial charge in [-0.3, -0.25) is 9.59 Å². The molecule has 0 aliphatic heterocycles. The monoisotopic (exact) mass is 263 g/mol. The molecule has 3 N–H and O–H groups in total. The summed E-state index contributed by atoms with van der Waals surface area (Å²) in [7, 11) is 1.73. The molecule has 0 saturated carbocycles. The molecular formula is C14H21N3O2. The maximum Gasteiger partial charge on any atom is 0.241 e. The predicted molar refractivity (Wildman–Crippen MR) is 77.1 cm³/mol. The number of hydrogen-bond acceptors (Lipinski definition) is 3. The van der Waals surface area contributed by atoms with Crippen molar-refractivity contribution in [2.24, 2.45) is 5.92 Å². The molecule has 1 rings (SSSR count). The Balaban J connectivity index is 2.72. The molecule has 0 aromatic heterocycles. The van der Waals surface area contributed by atoms with E-state index in [-0.39, 0.29) is 23.8 Å². The minimum absolute atomic E-state index is 0.0490. The van der Waals surface area contributed by atoms with E-state index in [1.54, 1.807) is 38.2 Å². The average molecular weight is 263 g/mol. The molecule has 1 aromatic carbocycles. The molecule has 0 fully saturated rings. The summed E-state index contributed by atoms with van der Waals surface area (Å²) < 4.78 is 0. The number of carbonyl (C=O) groups is 2. The highest BCUT2D eigenvalue weighted by Gasteiger charge is 2.11. The van der Waals surface area contributed by atoms with Crippen LogP contribution in [0, 0.1) is 5.92 Å². The summed E-state index contributed by atoms with van der Waals surface area (Å²) in [4.78, 5) is 23.3. The van der Waals surface area contributed by atoms with Gasteiger partial charge in [-0.25, -0.2) is 0 Å². The van der Waals surface area contributed by atoms with Crippen LogP contribution >= 0.6 is 0 Å². The van der Waals surface area contributed by atoms with Crippen molar-refractivity contribution in [2.45, 2.75) is 26.8 Å². The highest BCUT2D eigenvalue weighted by molar-refractivity contribution is 5.96. The largest absolute Gasteiger partial charge is 0.326 e. The maximum atomic E-state index is 11.7. The third-order valence-corrected chi connectivity index (χ3v) is 2.75. The summed E-state index contributed by atoms with van der Waals surface area (Å²) in [6, 6.07) is 6.83. The molecule has 5 nitrogen and oxygen atoms in total. The van der Waals surface area contributed by atoms with Crippen LogP contribution in [0.15, 0.2) is 24.3 Å². The Morgan fingerprint density at radius 3 is 2.00 bits per heavy atom. The first-order valence-corrected chi connectivity index (χ1v) is 6.33. The summed E-state index contributed by atoms with van der Waals surface area (Å²) in [5, 5.41) is 8.44. The molecule has 1 unspecified atom stereocenters. The van der Waals surface area contributed by atoms with E-state index in [9.17, 15) is 9.59 Å². The predicted octanol–water partition coefficient (Wildman–Crippen LogP) is 1.83. The zero-order chi connectivity index (χ0) is 14.4. The standard InChI is InChI=1S/C14H21N3O2/c1-9(2)13(18)16-11-6-5-7-12(8-11)17-14(19)10(3)15-4/h5-10,15H,1-4H3,(H,16,18)(H,17,19). The fraction of sp³-hybridized carbons (Fsp3) is 0.429. The Morgan fingerprint density at radius 1 is 1.00 bits per heavy atom. The van der Waals surface area contributed by atoms with Crippen LogP contribution < -0.4 is 16.0 Å². The molecular weight excluding hydrogens is 242 g/mol. The molecule has 0 radical (unpaired) electrons. The Labute approximate surface area is 113 Å². The van der Waals surface area contributed by atoms with Crippen molar-refractivity contribution in [3.63, 3.8) is 0 Å². The molecule has 0 heterocycles. The molecule has 1 atom stereocenters. The van der Waals surface area contributed by atoms with Crippen molar-refractivity contribution in [2.75, 3.05) is 17.7 Å². The van der Waals surface area contributed by atoms with Crippen LogP contribution in [0.5, 0.6) is 0 Å². The van der Waals surface area contributed by atoms with Gasteiger partial charge in [0.2, 0.25) is 11.8 Å². The molecule has 0 spiro atoms. The van der Waals surface area contributed by atoms with Gasteiger partial charge in [0.15, 0.2) is 0 Å². The lowest BCUT2D eigenvalue weighted by Gasteiger charge is -2.13. The third-order valence-electron chi connectivity index (χ3n) is 2.75. The Hall–Kier alpha value is -1.88. The van der Waals surface area contributed by atoms with E-state index in [4.69, 9.17) is 0 Å². The Morgan fingerprint density at radius 2 is 1.53 bits per heavy atom. The first-order chi connectivity index (χ1) is 8.93. The molecule has 104 valence electrons.